The molecule has 2 aromatic rings. The Kier molecular flexibility index (Phi) is 11.6. The number of carbonyl (C=O) groups is 1. The average Bonchev–Trinajstić information content (AvgIpc) is 3.36. The summed E-state index contributed by atoms with van der Waals surface area (Å²) >= 11 is 6.38. The van der Waals surface area contributed by atoms with Crippen LogP contribution in [0.4, 0.5) is 10.1 Å². The van der Waals surface area contributed by atoms with Gasteiger partial charge in [-0.25, -0.2) is 4.39 Å². The Morgan fingerprint density at radius 2 is 2.00 bits per heavy atom. The van der Waals surface area contributed by atoms with Gasteiger partial charge in [0, 0.05) is 61.3 Å². The van der Waals surface area contributed by atoms with Gasteiger partial charge in [-0.05, 0) is 73.1 Å². The average molecular weight is 561 g/mol. The number of nitrogens with one attached hydrogen (secondary N) is 3. The summed E-state index contributed by atoms with van der Waals surface area (Å²) in [5.41, 5.74) is 3.71. The molecule has 3 N–H and O–H groups in total. The van der Waals surface area contributed by atoms with Crippen LogP contribution in [0.3, 0.4) is 0 Å². The molecule has 1 amide bonds. The van der Waals surface area contributed by atoms with Crippen LogP contribution < -0.4 is 16.0 Å². The van der Waals surface area contributed by atoms with E-state index in [0.29, 0.717) is 23.3 Å². The molecule has 2 aliphatic rings. The Morgan fingerprint density at radius 3 is 2.71 bits per heavy atom. The maximum atomic E-state index is 13.7. The normalized spacial score (nSPS) is 20.8. The summed E-state index contributed by atoms with van der Waals surface area (Å²) < 4.78 is 18.9. The highest BCUT2D eigenvalue weighted by atomic mass is 32.2. The van der Waals surface area contributed by atoms with E-state index in [9.17, 15) is 9.18 Å². The fourth-order valence-corrected chi connectivity index (χ4v) is 5.95. The van der Waals surface area contributed by atoms with Crippen LogP contribution in [0, 0.1) is 5.82 Å². The van der Waals surface area contributed by atoms with Crippen molar-refractivity contribution in [3.8, 4) is 0 Å². The predicted octanol–water partition coefficient (Wildman–Crippen LogP) is 3.87. The molecule has 2 aliphatic heterocycles. The Bertz CT molecular complexity index is 1020. The van der Waals surface area contributed by atoms with Crippen molar-refractivity contribution in [3.05, 3.63) is 65.0 Å². The number of thioether (sulfide) groups is 1. The quantitative estimate of drug-likeness (QED) is 0.279. The molecule has 38 heavy (non-hydrogen) atoms. The van der Waals surface area contributed by atoms with Gasteiger partial charge in [0.25, 0.3) is 5.91 Å². The number of amides is 1. The van der Waals surface area contributed by atoms with Crippen molar-refractivity contribution >= 4 is 36.0 Å². The van der Waals surface area contributed by atoms with Crippen molar-refractivity contribution in [1.82, 2.24) is 15.5 Å². The lowest BCUT2D eigenvalue weighted by Gasteiger charge is -2.31. The van der Waals surface area contributed by atoms with Crippen molar-refractivity contribution in [2.24, 2.45) is 0 Å². The van der Waals surface area contributed by atoms with Crippen molar-refractivity contribution < 1.29 is 13.9 Å². The monoisotopic (exact) mass is 560 g/mol. The molecule has 208 valence electrons. The number of rotatable bonds is 13. The fourth-order valence-electron chi connectivity index (χ4n) is 5.07. The highest BCUT2D eigenvalue weighted by Gasteiger charge is 2.23. The molecule has 0 aromatic heterocycles. The summed E-state index contributed by atoms with van der Waals surface area (Å²) in [6.45, 7) is 5.83. The second kappa shape index (κ2) is 15.1. The van der Waals surface area contributed by atoms with Gasteiger partial charge in [0.05, 0.1) is 13.2 Å². The number of nitrogens with zero attached hydrogens (tertiary/aromatic N) is 1. The standard InChI is InChI=1S/C29H41FN4O2S2/c1-38-15-10-25(20-34-11-13-36-14-12-34)33-29(35)28-17-24(31-18-26-16-27(37)19-32-26)9-6-22(28)5-2-21-3-7-23(30)8-4-21/h3-4,6-9,17,25-27,31-32,37H,2,5,10-16,18-20H2,1H3,(H,33,35)/t25-,26-,27-/m0/s1. The van der Waals surface area contributed by atoms with Crippen molar-refractivity contribution in [2.45, 2.75) is 43.0 Å². The third-order valence-corrected chi connectivity index (χ3v) is 8.33. The number of ether oxygens (including phenoxy) is 1. The molecule has 2 aromatic carbocycles. The van der Waals surface area contributed by atoms with Gasteiger partial charge in [-0.1, -0.05) is 18.2 Å². The Balaban J connectivity index is 1.47. The van der Waals surface area contributed by atoms with Crippen LogP contribution in [-0.4, -0.2) is 86.1 Å². The van der Waals surface area contributed by atoms with Crippen LogP contribution in [0.25, 0.3) is 0 Å². The number of carbonyl (C=O) groups excluding carboxylic acids is 1. The first-order valence-electron chi connectivity index (χ1n) is 13.6. The first kappa shape index (κ1) is 29.2. The fraction of sp³-hybridized carbons (Fsp3) is 0.552. The summed E-state index contributed by atoms with van der Waals surface area (Å²) in [5, 5.41) is 10.8. The molecule has 9 heteroatoms. The second-order valence-electron chi connectivity index (χ2n) is 10.2. The largest absolute Gasteiger partial charge is 0.383 e. The van der Waals surface area contributed by atoms with Crippen LogP contribution >= 0.6 is 24.4 Å². The zero-order valence-electron chi connectivity index (χ0n) is 22.3. The number of thiol groups is 1. The minimum Gasteiger partial charge on any atom is -0.383 e. The number of hydrogen-bond acceptors (Lipinski definition) is 7. The number of morpholine rings is 1. The van der Waals surface area contributed by atoms with Crippen LogP contribution in [0.1, 0.15) is 34.3 Å². The van der Waals surface area contributed by atoms with E-state index in [-0.39, 0.29) is 17.8 Å². The second-order valence-corrected chi connectivity index (χ2v) is 12.0. The summed E-state index contributed by atoms with van der Waals surface area (Å²) in [4.78, 5) is 16.1. The smallest absolute Gasteiger partial charge is 0.251 e. The molecule has 0 bridgehead atoms. The van der Waals surface area contributed by atoms with Crippen LogP contribution in [0.2, 0.25) is 0 Å². The van der Waals surface area contributed by atoms with Crippen molar-refractivity contribution in [1.29, 1.82) is 0 Å². The van der Waals surface area contributed by atoms with Gasteiger partial charge in [-0.3, -0.25) is 9.69 Å². The molecule has 4 rings (SSSR count). The van der Waals surface area contributed by atoms with E-state index in [4.69, 9.17) is 4.74 Å². The zero-order chi connectivity index (χ0) is 26.7. The van der Waals surface area contributed by atoms with Gasteiger partial charge in [-0.15, -0.1) is 0 Å². The molecule has 0 spiro atoms. The third-order valence-electron chi connectivity index (χ3n) is 7.29. The zero-order valence-corrected chi connectivity index (χ0v) is 24.0. The molecule has 0 unspecified atom stereocenters. The molecule has 2 fully saturated rings. The van der Waals surface area contributed by atoms with E-state index in [1.54, 1.807) is 11.8 Å². The van der Waals surface area contributed by atoms with Gasteiger partial charge in [0.1, 0.15) is 5.82 Å². The maximum absolute atomic E-state index is 13.7. The number of halogens is 1. The van der Waals surface area contributed by atoms with E-state index >= 15 is 0 Å². The molecule has 2 saturated heterocycles. The van der Waals surface area contributed by atoms with Crippen molar-refractivity contribution in [2.75, 3.05) is 63.3 Å². The minimum absolute atomic E-state index is 0.0310. The number of hydrogen-bond donors (Lipinski definition) is 4. The lowest BCUT2D eigenvalue weighted by Crippen LogP contribution is -2.47. The lowest BCUT2D eigenvalue weighted by molar-refractivity contribution is 0.0332. The van der Waals surface area contributed by atoms with E-state index < -0.39 is 0 Å². The summed E-state index contributed by atoms with van der Waals surface area (Å²) in [6, 6.07) is 13.2. The van der Waals surface area contributed by atoms with E-state index in [1.165, 1.54) is 12.1 Å². The molecular weight excluding hydrogens is 519 g/mol. The Morgan fingerprint density at radius 1 is 1.21 bits per heavy atom. The van der Waals surface area contributed by atoms with Crippen LogP contribution in [0.15, 0.2) is 42.5 Å². The van der Waals surface area contributed by atoms with Gasteiger partial charge < -0.3 is 20.7 Å². The summed E-state index contributed by atoms with van der Waals surface area (Å²) in [7, 11) is 0. The molecule has 6 nitrogen and oxygen atoms in total. The predicted molar refractivity (Wildman–Crippen MR) is 159 cm³/mol. The number of benzene rings is 2. The highest BCUT2D eigenvalue weighted by molar-refractivity contribution is 7.98. The molecule has 0 radical (unpaired) electrons. The molecular formula is C29H41FN4O2S2. The van der Waals surface area contributed by atoms with Gasteiger partial charge >= 0.3 is 0 Å². The third kappa shape index (κ3) is 9.16. The van der Waals surface area contributed by atoms with Gasteiger partial charge in [0.15, 0.2) is 0 Å². The van der Waals surface area contributed by atoms with Gasteiger partial charge in [-0.2, -0.15) is 24.4 Å². The SMILES string of the molecule is CSCC[C@@H](CN1CCOCC1)NC(=O)c1cc(NC[C@@H]2C[C@H](S)CN2)ccc1CCc1ccc(F)cc1. The topological polar surface area (TPSA) is 65.6 Å². The Hall–Kier alpha value is -1.78. The maximum Gasteiger partial charge on any atom is 0.251 e. The van der Waals surface area contributed by atoms with E-state index in [1.807, 2.05) is 18.2 Å². The van der Waals surface area contributed by atoms with Crippen molar-refractivity contribution in [3.63, 3.8) is 0 Å². The Labute approximate surface area is 236 Å². The molecule has 2 heterocycles. The highest BCUT2D eigenvalue weighted by Crippen LogP contribution is 2.21. The summed E-state index contributed by atoms with van der Waals surface area (Å²) in [6.07, 6.45) is 5.50. The molecule has 0 aliphatic carbocycles. The van der Waals surface area contributed by atoms with E-state index in [0.717, 1.165) is 87.8 Å². The first-order chi connectivity index (χ1) is 18.5. The van der Waals surface area contributed by atoms with Crippen LogP contribution in [-0.2, 0) is 17.6 Å². The molecule has 3 atom stereocenters. The van der Waals surface area contributed by atoms with Gasteiger partial charge in [0.2, 0.25) is 0 Å². The number of anilines is 1. The van der Waals surface area contributed by atoms with E-state index in [2.05, 4.69) is 51.9 Å². The van der Waals surface area contributed by atoms with Crippen LogP contribution in [0.5, 0.6) is 0 Å². The number of aryl methyl sites for hydroxylation is 2. The lowest BCUT2D eigenvalue weighted by atomic mass is 9.98. The molecule has 0 saturated carbocycles. The first-order valence-corrected chi connectivity index (χ1v) is 15.5. The summed E-state index contributed by atoms with van der Waals surface area (Å²) in [5.74, 6) is 0.729. The minimum atomic E-state index is -0.234.